The van der Waals surface area contributed by atoms with Gasteiger partial charge in [-0.15, -0.1) is 0 Å². The second-order valence-corrected chi connectivity index (χ2v) is 4.82. The van der Waals surface area contributed by atoms with Crippen LogP contribution in [0.4, 0.5) is 0 Å². The fourth-order valence-corrected chi connectivity index (χ4v) is 1.95. The van der Waals surface area contributed by atoms with E-state index in [0.717, 1.165) is 38.4 Å². The Labute approximate surface area is 106 Å². The summed E-state index contributed by atoms with van der Waals surface area (Å²) >= 11 is 0. The fraction of sp³-hybridized carbons (Fsp3) is 0.867. The molecule has 0 saturated heterocycles. The molecule has 0 atom stereocenters. The van der Waals surface area contributed by atoms with Gasteiger partial charge in [0.2, 0.25) is 0 Å². The molecule has 0 spiro atoms. The minimum atomic E-state index is 0.409. The van der Waals surface area contributed by atoms with Crippen molar-refractivity contribution in [1.82, 2.24) is 0 Å². The van der Waals surface area contributed by atoms with Gasteiger partial charge in [-0.1, -0.05) is 45.4 Å². The van der Waals surface area contributed by atoms with E-state index in [1.807, 2.05) is 0 Å². The highest BCUT2D eigenvalue weighted by atomic mass is 16.1. The molecule has 0 bridgehead atoms. The molecule has 0 fully saturated rings. The highest BCUT2D eigenvalue weighted by Gasteiger charge is 2.01. The summed E-state index contributed by atoms with van der Waals surface area (Å²) in [6, 6.07) is 0. The molecule has 2 nitrogen and oxygen atoms in total. The average molecular weight is 240 g/mol. The lowest BCUT2D eigenvalue weighted by molar-refractivity contribution is -0.119. The van der Waals surface area contributed by atoms with E-state index < -0.39 is 0 Å². The minimum Gasteiger partial charge on any atom is -0.303 e. The summed E-state index contributed by atoms with van der Waals surface area (Å²) in [7, 11) is 0. The van der Waals surface area contributed by atoms with Crippen LogP contribution in [0.1, 0.15) is 84.0 Å². The smallest absolute Gasteiger partial charge is 0.132 e. The Kier molecular flexibility index (Phi) is 12.9. The normalized spacial score (nSPS) is 10.4. The summed E-state index contributed by atoms with van der Waals surface area (Å²) < 4.78 is 0. The van der Waals surface area contributed by atoms with E-state index in [2.05, 4.69) is 6.92 Å². The lowest BCUT2D eigenvalue weighted by atomic mass is 10.0. The number of Topliss-reactive ketones (excluding diaryl/α,β-unsaturated/α-hetero) is 1. The Balaban J connectivity index is 3.14. The van der Waals surface area contributed by atoms with Gasteiger partial charge in [0.25, 0.3) is 0 Å². The van der Waals surface area contributed by atoms with Crippen molar-refractivity contribution >= 4 is 12.1 Å². The van der Waals surface area contributed by atoms with Crippen molar-refractivity contribution in [2.75, 3.05) is 0 Å². The van der Waals surface area contributed by atoms with Gasteiger partial charge in [0.15, 0.2) is 0 Å². The van der Waals surface area contributed by atoms with Crippen molar-refractivity contribution in [2.45, 2.75) is 84.0 Å². The van der Waals surface area contributed by atoms with Crippen LogP contribution in [-0.2, 0) is 9.59 Å². The molecule has 0 aromatic rings. The first-order valence-electron chi connectivity index (χ1n) is 7.26. The molecular weight excluding hydrogens is 212 g/mol. The number of carbonyl (C=O) groups is 2. The zero-order valence-electron chi connectivity index (χ0n) is 11.4. The van der Waals surface area contributed by atoms with E-state index in [4.69, 9.17) is 0 Å². The van der Waals surface area contributed by atoms with E-state index >= 15 is 0 Å². The topological polar surface area (TPSA) is 34.1 Å². The van der Waals surface area contributed by atoms with Gasteiger partial charge >= 0.3 is 0 Å². The van der Waals surface area contributed by atoms with Gasteiger partial charge in [-0.25, -0.2) is 0 Å². The number of aldehydes is 1. The van der Waals surface area contributed by atoms with Gasteiger partial charge in [0.1, 0.15) is 12.1 Å². The van der Waals surface area contributed by atoms with E-state index in [-0.39, 0.29) is 0 Å². The van der Waals surface area contributed by atoms with Crippen LogP contribution >= 0.6 is 0 Å². The molecule has 0 unspecified atom stereocenters. The predicted octanol–water partition coefficient (Wildman–Crippen LogP) is 4.46. The first kappa shape index (κ1) is 16.3. The van der Waals surface area contributed by atoms with Crippen LogP contribution in [0.15, 0.2) is 0 Å². The van der Waals surface area contributed by atoms with Gasteiger partial charge in [0, 0.05) is 19.3 Å². The predicted molar refractivity (Wildman–Crippen MR) is 72.1 cm³/mol. The Hall–Kier alpha value is -0.660. The van der Waals surface area contributed by atoms with E-state index in [9.17, 15) is 9.59 Å². The van der Waals surface area contributed by atoms with Crippen molar-refractivity contribution in [3.8, 4) is 0 Å². The van der Waals surface area contributed by atoms with Gasteiger partial charge in [-0.3, -0.25) is 4.79 Å². The van der Waals surface area contributed by atoms with Gasteiger partial charge in [-0.2, -0.15) is 0 Å². The lowest BCUT2D eigenvalue weighted by Crippen LogP contribution is -1.97. The number of ketones is 1. The SMILES string of the molecule is CCCCCCCCC(=O)CCCCCC=O. The molecule has 0 heterocycles. The number of hydrogen-bond donors (Lipinski definition) is 0. The number of hydrogen-bond acceptors (Lipinski definition) is 2. The highest BCUT2D eigenvalue weighted by molar-refractivity contribution is 5.78. The Morgan fingerprint density at radius 2 is 1.35 bits per heavy atom. The number of carbonyl (C=O) groups excluding carboxylic acids is 2. The van der Waals surface area contributed by atoms with Crippen molar-refractivity contribution in [3.63, 3.8) is 0 Å². The molecular formula is C15H28O2. The van der Waals surface area contributed by atoms with Crippen LogP contribution in [0.2, 0.25) is 0 Å². The molecule has 17 heavy (non-hydrogen) atoms. The molecule has 0 aromatic heterocycles. The first-order chi connectivity index (χ1) is 8.31. The zero-order chi connectivity index (χ0) is 12.8. The second kappa shape index (κ2) is 13.4. The molecule has 2 heteroatoms. The summed E-state index contributed by atoms with van der Waals surface area (Å²) in [4.78, 5) is 21.6. The van der Waals surface area contributed by atoms with E-state index in [1.54, 1.807) is 0 Å². The van der Waals surface area contributed by atoms with Crippen LogP contribution in [0, 0.1) is 0 Å². The minimum absolute atomic E-state index is 0.409. The summed E-state index contributed by atoms with van der Waals surface area (Å²) in [5.41, 5.74) is 0. The molecule has 0 aliphatic carbocycles. The van der Waals surface area contributed by atoms with Gasteiger partial charge in [0.05, 0.1) is 0 Å². The first-order valence-corrected chi connectivity index (χ1v) is 7.26. The monoisotopic (exact) mass is 240 g/mol. The zero-order valence-corrected chi connectivity index (χ0v) is 11.4. The summed E-state index contributed by atoms with van der Waals surface area (Å²) in [6.45, 7) is 2.22. The third-order valence-electron chi connectivity index (χ3n) is 3.09. The van der Waals surface area contributed by atoms with Crippen LogP contribution in [0.5, 0.6) is 0 Å². The fourth-order valence-electron chi connectivity index (χ4n) is 1.95. The molecule has 0 saturated carbocycles. The van der Waals surface area contributed by atoms with Crippen LogP contribution in [0.25, 0.3) is 0 Å². The largest absolute Gasteiger partial charge is 0.303 e. The maximum atomic E-state index is 11.5. The van der Waals surface area contributed by atoms with E-state index in [0.29, 0.717) is 18.6 Å². The van der Waals surface area contributed by atoms with Crippen LogP contribution in [0.3, 0.4) is 0 Å². The number of unbranched alkanes of at least 4 members (excludes halogenated alkanes) is 8. The Morgan fingerprint density at radius 1 is 0.824 bits per heavy atom. The Bertz CT molecular complexity index is 187. The van der Waals surface area contributed by atoms with Crippen LogP contribution in [-0.4, -0.2) is 12.1 Å². The maximum absolute atomic E-state index is 11.5. The summed E-state index contributed by atoms with van der Waals surface area (Å²) in [6.07, 6.45) is 13.5. The van der Waals surface area contributed by atoms with Crippen molar-refractivity contribution in [3.05, 3.63) is 0 Å². The number of rotatable bonds is 13. The molecule has 0 aliphatic heterocycles. The quantitative estimate of drug-likeness (QED) is 0.352. The second-order valence-electron chi connectivity index (χ2n) is 4.82. The average Bonchev–Trinajstić information content (AvgIpc) is 2.33. The molecule has 100 valence electrons. The Morgan fingerprint density at radius 3 is 1.94 bits per heavy atom. The van der Waals surface area contributed by atoms with E-state index in [1.165, 1.54) is 32.1 Å². The molecule has 0 radical (unpaired) electrons. The maximum Gasteiger partial charge on any atom is 0.132 e. The standard InChI is InChI=1S/C15H28O2/c1-2-3-4-5-6-9-12-15(17)13-10-7-8-11-14-16/h14H,2-13H2,1H3. The van der Waals surface area contributed by atoms with Crippen LogP contribution < -0.4 is 0 Å². The lowest BCUT2D eigenvalue weighted by Gasteiger charge is -2.01. The molecule has 0 aromatic carbocycles. The molecule has 0 rings (SSSR count). The summed E-state index contributed by atoms with van der Waals surface area (Å²) in [5.74, 6) is 0.409. The molecule has 0 amide bonds. The van der Waals surface area contributed by atoms with Crippen molar-refractivity contribution in [2.24, 2.45) is 0 Å². The third-order valence-corrected chi connectivity index (χ3v) is 3.09. The molecule has 0 N–H and O–H groups in total. The van der Waals surface area contributed by atoms with Crippen molar-refractivity contribution in [1.29, 1.82) is 0 Å². The van der Waals surface area contributed by atoms with Gasteiger partial charge < -0.3 is 4.79 Å². The molecule has 0 aliphatic rings. The third kappa shape index (κ3) is 13.3. The van der Waals surface area contributed by atoms with Crippen molar-refractivity contribution < 1.29 is 9.59 Å². The van der Waals surface area contributed by atoms with Gasteiger partial charge in [-0.05, 0) is 19.3 Å². The highest BCUT2D eigenvalue weighted by Crippen LogP contribution is 2.10. The summed E-state index contributed by atoms with van der Waals surface area (Å²) in [5, 5.41) is 0.